The van der Waals surface area contributed by atoms with E-state index in [0.717, 1.165) is 4.47 Å². The van der Waals surface area contributed by atoms with Gasteiger partial charge in [-0.05, 0) is 18.2 Å². The fourth-order valence-electron chi connectivity index (χ4n) is 0.783. The molecule has 0 unspecified atom stereocenters. The lowest BCUT2D eigenvalue weighted by molar-refractivity contribution is -0.114. The van der Waals surface area contributed by atoms with Crippen molar-refractivity contribution in [2.45, 2.75) is 6.92 Å². The summed E-state index contributed by atoms with van der Waals surface area (Å²) in [4.78, 5) is 10.6. The number of benzene rings is 1. The summed E-state index contributed by atoms with van der Waals surface area (Å²) in [5.41, 5.74) is 0.192. The zero-order valence-electron chi connectivity index (χ0n) is 6.40. The van der Waals surface area contributed by atoms with Crippen molar-refractivity contribution in [3.05, 3.63) is 28.5 Å². The fraction of sp³-hybridized carbons (Fsp3) is 0.125. The normalized spacial score (nSPS) is 9.58. The summed E-state index contributed by atoms with van der Waals surface area (Å²) in [6.45, 7) is 1.33. The first kappa shape index (κ1) is 9.19. The van der Waals surface area contributed by atoms with E-state index in [0.29, 0.717) is 0 Å². The monoisotopic (exact) mass is 231 g/mol. The Morgan fingerprint density at radius 2 is 2.25 bits per heavy atom. The number of carbonyl (C=O) groups excluding carboxylic acids is 1. The van der Waals surface area contributed by atoms with Crippen molar-refractivity contribution in [2.75, 3.05) is 5.32 Å². The van der Waals surface area contributed by atoms with Gasteiger partial charge in [0, 0.05) is 11.4 Å². The second-order valence-electron chi connectivity index (χ2n) is 2.31. The van der Waals surface area contributed by atoms with Gasteiger partial charge in [-0.2, -0.15) is 0 Å². The first-order valence-corrected chi connectivity index (χ1v) is 4.11. The Labute approximate surface area is 77.9 Å². The fourth-order valence-corrected chi connectivity index (χ4v) is 1.14. The molecule has 0 radical (unpaired) electrons. The maximum atomic E-state index is 12.9. The second-order valence-corrected chi connectivity index (χ2v) is 3.22. The lowest BCUT2D eigenvalue weighted by atomic mass is 10.3. The van der Waals surface area contributed by atoms with E-state index in [1.54, 1.807) is 6.07 Å². The van der Waals surface area contributed by atoms with Crippen molar-refractivity contribution in [3.63, 3.8) is 0 Å². The lowest BCUT2D eigenvalue weighted by Gasteiger charge is -2.03. The molecule has 1 N–H and O–H groups in total. The summed E-state index contributed by atoms with van der Waals surface area (Å²) in [7, 11) is 0. The smallest absolute Gasteiger partial charge is 0.221 e. The molecule has 0 aromatic heterocycles. The number of nitrogens with one attached hydrogen (secondary N) is 1. The molecule has 0 aliphatic heterocycles. The zero-order chi connectivity index (χ0) is 9.14. The minimum absolute atomic E-state index is 0.192. The topological polar surface area (TPSA) is 29.1 Å². The average Bonchev–Trinajstić information content (AvgIpc) is 1.96. The first-order chi connectivity index (χ1) is 5.59. The van der Waals surface area contributed by atoms with Crippen molar-refractivity contribution in [1.29, 1.82) is 0 Å². The summed E-state index contributed by atoms with van der Waals surface area (Å²) in [5.74, 6) is -0.722. The standard InChI is InChI=1S/C8H7BrFNO/c1-5(12)11-8-4-6(9)2-3-7(8)10/h2-4H,1H3,(H,11,12). The number of amides is 1. The Kier molecular flexibility index (Phi) is 2.81. The van der Waals surface area contributed by atoms with Crippen LogP contribution in [-0.2, 0) is 4.79 Å². The number of anilines is 1. The summed E-state index contributed by atoms with van der Waals surface area (Å²) in [6.07, 6.45) is 0. The van der Waals surface area contributed by atoms with Gasteiger partial charge in [0.15, 0.2) is 0 Å². The number of carbonyl (C=O) groups is 1. The van der Waals surface area contributed by atoms with Gasteiger partial charge in [-0.15, -0.1) is 0 Å². The van der Waals surface area contributed by atoms with E-state index >= 15 is 0 Å². The molecule has 0 saturated heterocycles. The minimum Gasteiger partial charge on any atom is -0.324 e. The first-order valence-electron chi connectivity index (χ1n) is 3.32. The molecule has 1 aromatic carbocycles. The highest BCUT2D eigenvalue weighted by atomic mass is 79.9. The SMILES string of the molecule is CC(=O)Nc1cc(Br)ccc1F. The molecule has 1 rings (SSSR count). The van der Waals surface area contributed by atoms with Gasteiger partial charge < -0.3 is 5.32 Å². The van der Waals surface area contributed by atoms with Gasteiger partial charge in [0.05, 0.1) is 5.69 Å². The zero-order valence-corrected chi connectivity index (χ0v) is 7.98. The molecule has 0 atom stereocenters. The van der Waals surface area contributed by atoms with E-state index in [9.17, 15) is 9.18 Å². The van der Waals surface area contributed by atoms with Gasteiger partial charge in [-0.3, -0.25) is 4.79 Å². The largest absolute Gasteiger partial charge is 0.324 e. The molecule has 1 amide bonds. The third-order valence-corrected chi connectivity index (χ3v) is 1.73. The third-order valence-electron chi connectivity index (χ3n) is 1.24. The van der Waals surface area contributed by atoms with Crippen LogP contribution in [0.3, 0.4) is 0 Å². The van der Waals surface area contributed by atoms with Crippen LogP contribution in [0.15, 0.2) is 22.7 Å². The molecular formula is C8H7BrFNO. The molecule has 2 nitrogen and oxygen atoms in total. The van der Waals surface area contributed by atoms with Crippen molar-refractivity contribution in [3.8, 4) is 0 Å². The van der Waals surface area contributed by atoms with Crippen LogP contribution in [0.2, 0.25) is 0 Å². The molecule has 0 saturated carbocycles. The summed E-state index contributed by atoms with van der Waals surface area (Å²) in [5, 5.41) is 2.37. The van der Waals surface area contributed by atoms with Crippen LogP contribution in [0.25, 0.3) is 0 Å². The van der Waals surface area contributed by atoms with E-state index < -0.39 is 5.82 Å². The van der Waals surface area contributed by atoms with Crippen LogP contribution < -0.4 is 5.32 Å². The van der Waals surface area contributed by atoms with Gasteiger partial charge in [-0.1, -0.05) is 15.9 Å². The van der Waals surface area contributed by atoms with Crippen LogP contribution in [0.5, 0.6) is 0 Å². The van der Waals surface area contributed by atoms with Crippen molar-refractivity contribution in [2.24, 2.45) is 0 Å². The molecule has 4 heteroatoms. The molecule has 12 heavy (non-hydrogen) atoms. The molecule has 0 aliphatic carbocycles. The Bertz CT molecular complexity index is 314. The molecule has 0 aliphatic rings. The van der Waals surface area contributed by atoms with Crippen molar-refractivity contribution < 1.29 is 9.18 Å². The van der Waals surface area contributed by atoms with E-state index in [1.807, 2.05) is 0 Å². The van der Waals surface area contributed by atoms with E-state index in [-0.39, 0.29) is 11.6 Å². The van der Waals surface area contributed by atoms with Gasteiger partial charge in [-0.25, -0.2) is 4.39 Å². The van der Waals surface area contributed by atoms with Crippen LogP contribution in [0.1, 0.15) is 6.92 Å². The Hall–Kier alpha value is -0.900. The van der Waals surface area contributed by atoms with Crippen LogP contribution in [-0.4, -0.2) is 5.91 Å². The molecule has 64 valence electrons. The number of hydrogen-bond acceptors (Lipinski definition) is 1. The molecule has 0 spiro atoms. The van der Waals surface area contributed by atoms with E-state index in [2.05, 4.69) is 21.2 Å². The average molecular weight is 232 g/mol. The summed E-state index contributed by atoms with van der Waals surface area (Å²) in [6, 6.07) is 4.37. The highest BCUT2D eigenvalue weighted by molar-refractivity contribution is 9.10. The number of hydrogen-bond donors (Lipinski definition) is 1. The molecule has 0 fully saturated rings. The second kappa shape index (κ2) is 3.67. The Balaban J connectivity index is 2.97. The maximum absolute atomic E-state index is 12.9. The van der Waals surface area contributed by atoms with Gasteiger partial charge in [0.25, 0.3) is 0 Å². The summed E-state index contributed by atoms with van der Waals surface area (Å²) < 4.78 is 13.6. The minimum atomic E-state index is -0.437. The van der Waals surface area contributed by atoms with E-state index in [1.165, 1.54) is 19.1 Å². The lowest BCUT2D eigenvalue weighted by Crippen LogP contribution is -2.07. The summed E-state index contributed by atoms with van der Waals surface area (Å²) >= 11 is 3.17. The van der Waals surface area contributed by atoms with Gasteiger partial charge >= 0.3 is 0 Å². The quantitative estimate of drug-likeness (QED) is 0.791. The maximum Gasteiger partial charge on any atom is 0.221 e. The van der Waals surface area contributed by atoms with Gasteiger partial charge in [0.2, 0.25) is 5.91 Å². The highest BCUT2D eigenvalue weighted by Crippen LogP contribution is 2.19. The Morgan fingerprint density at radius 3 is 2.83 bits per heavy atom. The highest BCUT2D eigenvalue weighted by Gasteiger charge is 2.02. The molecule has 1 aromatic rings. The number of halogens is 2. The van der Waals surface area contributed by atoms with Crippen LogP contribution in [0.4, 0.5) is 10.1 Å². The van der Waals surface area contributed by atoms with Crippen LogP contribution >= 0.6 is 15.9 Å². The third kappa shape index (κ3) is 2.30. The molecular weight excluding hydrogens is 225 g/mol. The van der Waals surface area contributed by atoms with Crippen molar-refractivity contribution >= 4 is 27.5 Å². The van der Waals surface area contributed by atoms with Gasteiger partial charge in [0.1, 0.15) is 5.82 Å². The Morgan fingerprint density at radius 1 is 1.58 bits per heavy atom. The van der Waals surface area contributed by atoms with Crippen molar-refractivity contribution in [1.82, 2.24) is 0 Å². The predicted molar refractivity (Wildman–Crippen MR) is 48.4 cm³/mol. The van der Waals surface area contributed by atoms with E-state index in [4.69, 9.17) is 0 Å². The molecule has 0 bridgehead atoms. The predicted octanol–water partition coefficient (Wildman–Crippen LogP) is 2.55. The number of rotatable bonds is 1. The molecule has 0 heterocycles. The van der Waals surface area contributed by atoms with Crippen LogP contribution in [0, 0.1) is 5.82 Å².